The molecule has 0 radical (unpaired) electrons. The zero-order chi connectivity index (χ0) is 15.5. The first-order valence-corrected chi connectivity index (χ1v) is 8.81. The van der Waals surface area contributed by atoms with Crippen molar-refractivity contribution in [2.24, 2.45) is 0 Å². The summed E-state index contributed by atoms with van der Waals surface area (Å²) in [6.45, 7) is 5.04. The normalized spacial score (nSPS) is 26.5. The molecular weight excluding hydrogens is 288 g/mol. The van der Waals surface area contributed by atoms with Crippen LogP contribution >= 0.6 is 0 Å². The first-order chi connectivity index (χ1) is 9.88. The molecule has 1 aromatic carbocycles. The molecule has 118 valence electrons. The second kappa shape index (κ2) is 6.34. The van der Waals surface area contributed by atoms with Gasteiger partial charge in [-0.05, 0) is 57.5 Å². The largest absolute Gasteiger partial charge is 0.382 e. The molecule has 2 unspecified atom stereocenters. The lowest BCUT2D eigenvalue weighted by atomic mass is 9.90. The van der Waals surface area contributed by atoms with Crippen molar-refractivity contribution in [3.05, 3.63) is 24.3 Å². The molecule has 0 aromatic heterocycles. The minimum absolute atomic E-state index is 0.0642. The number of nitrogens with one attached hydrogen (secondary N) is 2. The second-order valence-corrected chi connectivity index (χ2v) is 7.60. The Morgan fingerprint density at radius 1 is 1.33 bits per heavy atom. The van der Waals surface area contributed by atoms with Gasteiger partial charge in [-0.2, -0.15) is 0 Å². The molecule has 1 saturated heterocycles. The molecule has 2 atom stereocenters. The second-order valence-electron chi connectivity index (χ2n) is 5.72. The highest BCUT2D eigenvalue weighted by atomic mass is 32.2. The van der Waals surface area contributed by atoms with E-state index in [2.05, 4.69) is 23.9 Å². The van der Waals surface area contributed by atoms with Gasteiger partial charge in [0.1, 0.15) is 0 Å². The fourth-order valence-electron chi connectivity index (χ4n) is 2.58. The van der Waals surface area contributed by atoms with Crippen molar-refractivity contribution in [2.75, 3.05) is 19.0 Å². The van der Waals surface area contributed by atoms with E-state index < -0.39 is 10.0 Å². The van der Waals surface area contributed by atoms with Gasteiger partial charge in [0.2, 0.25) is 10.0 Å². The summed E-state index contributed by atoms with van der Waals surface area (Å²) in [5, 5.41) is 3.47. The van der Waals surface area contributed by atoms with Crippen molar-refractivity contribution in [3.8, 4) is 0 Å². The molecule has 0 spiro atoms. The highest BCUT2D eigenvalue weighted by molar-refractivity contribution is 7.89. The van der Waals surface area contributed by atoms with Crippen molar-refractivity contribution in [1.82, 2.24) is 4.72 Å². The summed E-state index contributed by atoms with van der Waals surface area (Å²) in [6, 6.07) is 7.21. The van der Waals surface area contributed by atoms with E-state index in [1.807, 2.05) is 12.1 Å². The maximum Gasteiger partial charge on any atom is 0.240 e. The van der Waals surface area contributed by atoms with Crippen molar-refractivity contribution >= 4 is 15.7 Å². The smallest absolute Gasteiger partial charge is 0.240 e. The van der Waals surface area contributed by atoms with E-state index >= 15 is 0 Å². The summed E-state index contributed by atoms with van der Waals surface area (Å²) in [5.74, 6) is 0. The van der Waals surface area contributed by atoms with Crippen LogP contribution in [0.3, 0.4) is 0 Å². The number of benzene rings is 1. The molecule has 0 aliphatic carbocycles. The van der Waals surface area contributed by atoms with Crippen LogP contribution in [0.25, 0.3) is 0 Å². The van der Waals surface area contributed by atoms with Gasteiger partial charge in [-0.1, -0.05) is 6.92 Å². The van der Waals surface area contributed by atoms with Crippen LogP contribution in [-0.4, -0.2) is 33.7 Å². The zero-order valence-electron chi connectivity index (χ0n) is 12.8. The summed E-state index contributed by atoms with van der Waals surface area (Å²) in [5.41, 5.74) is 0.876. The van der Waals surface area contributed by atoms with Gasteiger partial charge in [-0.15, -0.1) is 0 Å². The van der Waals surface area contributed by atoms with Crippen LogP contribution in [-0.2, 0) is 14.8 Å². The van der Waals surface area contributed by atoms with Gasteiger partial charge in [0.15, 0.2) is 0 Å². The number of anilines is 1. The quantitative estimate of drug-likeness (QED) is 0.876. The van der Waals surface area contributed by atoms with E-state index in [0.29, 0.717) is 6.04 Å². The predicted molar refractivity (Wildman–Crippen MR) is 84.0 cm³/mol. The molecule has 1 heterocycles. The van der Waals surface area contributed by atoms with Crippen molar-refractivity contribution in [1.29, 1.82) is 0 Å². The van der Waals surface area contributed by atoms with Crippen molar-refractivity contribution < 1.29 is 13.2 Å². The third-order valence-corrected chi connectivity index (χ3v) is 5.58. The summed E-state index contributed by atoms with van der Waals surface area (Å²) >= 11 is 0. The Morgan fingerprint density at radius 3 is 2.57 bits per heavy atom. The van der Waals surface area contributed by atoms with E-state index in [1.54, 1.807) is 12.1 Å². The first-order valence-electron chi connectivity index (χ1n) is 7.33. The van der Waals surface area contributed by atoms with Crippen LogP contribution in [0.15, 0.2) is 29.2 Å². The number of hydrogen-bond acceptors (Lipinski definition) is 4. The molecule has 2 rings (SSSR count). The Morgan fingerprint density at radius 2 is 2.00 bits per heavy atom. The average molecular weight is 312 g/mol. The van der Waals surface area contributed by atoms with Crippen LogP contribution in [0.4, 0.5) is 5.69 Å². The van der Waals surface area contributed by atoms with E-state index in [-0.39, 0.29) is 10.5 Å². The average Bonchev–Trinajstić information content (AvgIpc) is 2.48. The molecule has 21 heavy (non-hydrogen) atoms. The third-order valence-electron chi connectivity index (χ3n) is 4.15. The summed E-state index contributed by atoms with van der Waals surface area (Å²) < 4.78 is 31.5. The van der Waals surface area contributed by atoms with Gasteiger partial charge >= 0.3 is 0 Å². The predicted octanol–water partition coefficient (Wildman–Crippen LogP) is 2.35. The van der Waals surface area contributed by atoms with Crippen LogP contribution in [0.1, 0.15) is 33.1 Å². The van der Waals surface area contributed by atoms with Gasteiger partial charge in [0, 0.05) is 18.3 Å². The standard InChI is InChI=1S/C15H24N2O3S/c1-4-15(2)11-13(9-10-20-15)17-12-5-7-14(8-6-12)21(18,19)16-3/h5-8,13,16-17H,4,9-11H2,1-3H3. The van der Waals surface area contributed by atoms with Gasteiger partial charge in [-0.25, -0.2) is 13.1 Å². The minimum atomic E-state index is -3.37. The lowest BCUT2D eigenvalue weighted by molar-refractivity contribution is -0.0708. The number of ether oxygens (including phenoxy) is 1. The van der Waals surface area contributed by atoms with Gasteiger partial charge < -0.3 is 10.1 Å². The topological polar surface area (TPSA) is 67.4 Å². The van der Waals surface area contributed by atoms with E-state index in [4.69, 9.17) is 4.74 Å². The molecule has 6 heteroatoms. The van der Waals surface area contributed by atoms with E-state index in [1.165, 1.54) is 7.05 Å². The molecular formula is C15H24N2O3S. The van der Waals surface area contributed by atoms with Crippen LogP contribution in [0.5, 0.6) is 0 Å². The molecule has 1 fully saturated rings. The summed E-state index contributed by atoms with van der Waals surface area (Å²) in [6.07, 6.45) is 2.91. The number of sulfonamides is 1. The Kier molecular flexibility index (Phi) is 4.91. The fourth-order valence-corrected chi connectivity index (χ4v) is 3.31. The number of rotatable bonds is 5. The first kappa shape index (κ1) is 16.3. The van der Waals surface area contributed by atoms with Gasteiger partial charge in [0.25, 0.3) is 0 Å². The van der Waals surface area contributed by atoms with Crippen LogP contribution in [0, 0.1) is 0 Å². The monoisotopic (exact) mass is 312 g/mol. The maximum atomic E-state index is 11.7. The zero-order valence-corrected chi connectivity index (χ0v) is 13.7. The Balaban J connectivity index is 2.04. The third kappa shape index (κ3) is 3.96. The highest BCUT2D eigenvalue weighted by Crippen LogP contribution is 2.29. The van der Waals surface area contributed by atoms with Crippen LogP contribution < -0.4 is 10.0 Å². The lowest BCUT2D eigenvalue weighted by Gasteiger charge is -2.38. The molecule has 0 amide bonds. The molecule has 1 aromatic rings. The highest BCUT2D eigenvalue weighted by Gasteiger charge is 2.31. The molecule has 5 nitrogen and oxygen atoms in total. The Labute approximate surface area is 127 Å². The lowest BCUT2D eigenvalue weighted by Crippen LogP contribution is -2.41. The van der Waals surface area contributed by atoms with Gasteiger partial charge in [0.05, 0.1) is 10.5 Å². The SMILES string of the molecule is CCC1(C)CC(Nc2ccc(S(=O)(=O)NC)cc2)CCO1. The van der Waals surface area contributed by atoms with E-state index in [0.717, 1.165) is 31.6 Å². The molecule has 0 bridgehead atoms. The number of hydrogen-bond donors (Lipinski definition) is 2. The van der Waals surface area contributed by atoms with Crippen molar-refractivity contribution in [2.45, 2.75) is 49.6 Å². The summed E-state index contributed by atoms with van der Waals surface area (Å²) in [4.78, 5) is 0.279. The molecule has 0 saturated carbocycles. The molecule has 1 aliphatic rings. The molecule has 2 N–H and O–H groups in total. The van der Waals surface area contributed by atoms with Crippen molar-refractivity contribution in [3.63, 3.8) is 0 Å². The van der Waals surface area contributed by atoms with Gasteiger partial charge in [-0.3, -0.25) is 0 Å². The van der Waals surface area contributed by atoms with E-state index in [9.17, 15) is 8.42 Å². The molecule has 1 aliphatic heterocycles. The summed E-state index contributed by atoms with van der Waals surface area (Å²) in [7, 11) is -1.96. The minimum Gasteiger partial charge on any atom is -0.382 e. The Bertz CT molecular complexity index is 571. The Hall–Kier alpha value is -1.11. The fraction of sp³-hybridized carbons (Fsp3) is 0.600. The van der Waals surface area contributed by atoms with Crippen LogP contribution in [0.2, 0.25) is 0 Å². The maximum absolute atomic E-state index is 11.7.